The number of hydrogen-bond acceptors (Lipinski definition) is 5. The number of nitrogens with zero attached hydrogens (tertiary/aromatic N) is 2. The second kappa shape index (κ2) is 14.6. The number of ether oxygens (including phenoxy) is 1. The lowest BCUT2D eigenvalue weighted by Gasteiger charge is -2.32. The molecule has 210 valence electrons. The predicted octanol–water partition coefficient (Wildman–Crippen LogP) is 5.27. The van der Waals surface area contributed by atoms with Gasteiger partial charge in [-0.3, -0.25) is 13.9 Å². The third-order valence-corrected chi connectivity index (χ3v) is 8.17. The van der Waals surface area contributed by atoms with E-state index in [0.29, 0.717) is 27.9 Å². The predicted molar refractivity (Wildman–Crippen MR) is 153 cm³/mol. The number of amides is 2. The van der Waals surface area contributed by atoms with Crippen LogP contribution >= 0.6 is 23.2 Å². The quantitative estimate of drug-likeness (QED) is 0.326. The second-order valence-corrected chi connectivity index (χ2v) is 11.9. The van der Waals surface area contributed by atoms with Crippen LogP contribution in [0.4, 0.5) is 5.69 Å². The molecule has 2 amide bonds. The molecule has 0 spiro atoms. The number of hydrogen-bond donors (Lipinski definition) is 1. The van der Waals surface area contributed by atoms with Gasteiger partial charge in [-0.2, -0.15) is 0 Å². The van der Waals surface area contributed by atoms with Crippen LogP contribution in [0, 0.1) is 0 Å². The van der Waals surface area contributed by atoms with Crippen molar-refractivity contribution in [3.8, 4) is 5.75 Å². The highest BCUT2D eigenvalue weighted by molar-refractivity contribution is 7.92. The van der Waals surface area contributed by atoms with Gasteiger partial charge in [0.05, 0.1) is 29.1 Å². The summed E-state index contributed by atoms with van der Waals surface area (Å²) in [6, 6.07) is 11.0. The molecule has 0 aliphatic carbocycles. The van der Waals surface area contributed by atoms with Gasteiger partial charge in [-0.25, -0.2) is 8.42 Å². The van der Waals surface area contributed by atoms with Crippen molar-refractivity contribution in [3.05, 3.63) is 58.1 Å². The summed E-state index contributed by atoms with van der Waals surface area (Å²) >= 11 is 12.3. The molecule has 2 aromatic rings. The molecule has 0 radical (unpaired) electrons. The maximum absolute atomic E-state index is 13.5. The van der Waals surface area contributed by atoms with E-state index in [9.17, 15) is 18.0 Å². The Hall–Kier alpha value is -2.49. The molecule has 8 nitrogen and oxygen atoms in total. The van der Waals surface area contributed by atoms with E-state index in [2.05, 4.69) is 5.32 Å². The van der Waals surface area contributed by atoms with E-state index in [1.54, 1.807) is 42.5 Å². The van der Waals surface area contributed by atoms with Crippen molar-refractivity contribution in [3.63, 3.8) is 0 Å². The van der Waals surface area contributed by atoms with Crippen molar-refractivity contribution in [2.75, 3.05) is 24.2 Å². The minimum absolute atomic E-state index is 0.0358. The molecule has 0 saturated carbocycles. The number of rotatable bonds is 14. The highest BCUT2D eigenvalue weighted by Crippen LogP contribution is 2.25. The van der Waals surface area contributed by atoms with Gasteiger partial charge in [0.2, 0.25) is 21.8 Å². The molecule has 0 aliphatic heterocycles. The monoisotopic (exact) mass is 585 g/mol. The zero-order valence-corrected chi connectivity index (χ0v) is 24.9. The summed E-state index contributed by atoms with van der Waals surface area (Å²) < 4.78 is 31.4. The highest BCUT2D eigenvalue weighted by Gasteiger charge is 2.29. The molecule has 2 atom stereocenters. The maximum atomic E-state index is 13.5. The van der Waals surface area contributed by atoms with E-state index in [4.69, 9.17) is 27.9 Å². The Bertz CT molecular complexity index is 1190. The van der Waals surface area contributed by atoms with Gasteiger partial charge in [0.25, 0.3) is 0 Å². The first kappa shape index (κ1) is 31.7. The molecule has 0 heterocycles. The Morgan fingerprint density at radius 3 is 2.21 bits per heavy atom. The molecule has 1 N–H and O–H groups in total. The molecular formula is C27H37Cl2N3O5S. The van der Waals surface area contributed by atoms with Gasteiger partial charge in [0.1, 0.15) is 11.8 Å². The first-order chi connectivity index (χ1) is 17.9. The Morgan fingerprint density at radius 1 is 1.03 bits per heavy atom. The summed E-state index contributed by atoms with van der Waals surface area (Å²) in [6.45, 7) is 6.00. The molecule has 2 aromatic carbocycles. The van der Waals surface area contributed by atoms with Crippen LogP contribution in [0.2, 0.25) is 10.0 Å². The largest absolute Gasteiger partial charge is 0.497 e. The fourth-order valence-corrected chi connectivity index (χ4v) is 5.23. The summed E-state index contributed by atoms with van der Waals surface area (Å²) in [7, 11) is -2.05. The highest BCUT2D eigenvalue weighted by atomic mass is 35.5. The number of sulfonamides is 1. The van der Waals surface area contributed by atoms with Crippen molar-refractivity contribution < 1.29 is 22.7 Å². The summed E-state index contributed by atoms with van der Waals surface area (Å²) in [4.78, 5) is 28.2. The Labute approximate surface area is 236 Å². The van der Waals surface area contributed by atoms with Gasteiger partial charge >= 0.3 is 0 Å². The molecule has 38 heavy (non-hydrogen) atoms. The van der Waals surface area contributed by atoms with E-state index in [-0.39, 0.29) is 43.8 Å². The van der Waals surface area contributed by atoms with E-state index in [0.717, 1.165) is 18.2 Å². The van der Waals surface area contributed by atoms with Crippen LogP contribution in [0.25, 0.3) is 0 Å². The van der Waals surface area contributed by atoms with E-state index >= 15 is 0 Å². The molecule has 2 rings (SSSR count). The van der Waals surface area contributed by atoms with Crippen molar-refractivity contribution in [1.29, 1.82) is 0 Å². The van der Waals surface area contributed by atoms with Gasteiger partial charge in [0, 0.05) is 25.6 Å². The molecule has 11 heteroatoms. The molecule has 0 aliphatic rings. The molecule has 2 unspecified atom stereocenters. The smallest absolute Gasteiger partial charge is 0.243 e. The first-order valence-electron chi connectivity index (χ1n) is 12.6. The SMILES string of the molecule is CCC(C)NC(=O)C(CC)N(Cc1ccc(Cl)c(Cl)c1)C(=O)CCCN(c1ccc(OC)cc1)S(C)(=O)=O. The van der Waals surface area contributed by atoms with Crippen LogP contribution in [-0.2, 0) is 26.2 Å². The summed E-state index contributed by atoms with van der Waals surface area (Å²) in [5, 5.41) is 3.73. The summed E-state index contributed by atoms with van der Waals surface area (Å²) in [6.07, 6.45) is 2.62. The first-order valence-corrected chi connectivity index (χ1v) is 15.2. The van der Waals surface area contributed by atoms with Crippen LogP contribution in [0.5, 0.6) is 5.75 Å². The van der Waals surface area contributed by atoms with Crippen LogP contribution in [0.3, 0.4) is 0 Å². The minimum atomic E-state index is -3.59. The molecular weight excluding hydrogens is 549 g/mol. The normalized spacial score (nSPS) is 12.9. The fourth-order valence-electron chi connectivity index (χ4n) is 3.95. The number of anilines is 1. The lowest BCUT2D eigenvalue weighted by Crippen LogP contribution is -2.50. The minimum Gasteiger partial charge on any atom is -0.497 e. The number of methoxy groups -OCH3 is 1. The van der Waals surface area contributed by atoms with Gasteiger partial charge < -0.3 is 15.0 Å². The standard InChI is InChI=1S/C27H37Cl2N3O5S/c1-6-19(3)30-27(34)25(7-2)31(18-20-10-15-23(28)24(29)17-20)26(33)9-8-16-32(38(5,35)36)21-11-13-22(37-4)14-12-21/h10-15,17,19,25H,6-9,16,18H2,1-5H3,(H,30,34). The van der Waals surface area contributed by atoms with Crippen molar-refractivity contribution in [2.24, 2.45) is 0 Å². The van der Waals surface area contributed by atoms with Gasteiger partial charge in [-0.15, -0.1) is 0 Å². The van der Waals surface area contributed by atoms with E-state index < -0.39 is 16.1 Å². The van der Waals surface area contributed by atoms with Gasteiger partial charge in [-0.1, -0.05) is 43.1 Å². The third-order valence-electron chi connectivity index (χ3n) is 6.24. The Kier molecular flexibility index (Phi) is 12.2. The van der Waals surface area contributed by atoms with Crippen molar-refractivity contribution in [1.82, 2.24) is 10.2 Å². The fraction of sp³-hybridized carbons (Fsp3) is 0.481. The van der Waals surface area contributed by atoms with Crippen molar-refractivity contribution in [2.45, 2.75) is 65.1 Å². The van der Waals surface area contributed by atoms with Crippen LogP contribution in [-0.4, -0.2) is 57.1 Å². The van der Waals surface area contributed by atoms with Crippen LogP contribution in [0.1, 0.15) is 52.0 Å². The van der Waals surface area contributed by atoms with Gasteiger partial charge in [-0.05, 0) is 68.1 Å². The number of carbonyl (C=O) groups excluding carboxylic acids is 2. The average molecular weight is 587 g/mol. The van der Waals surface area contributed by atoms with Crippen LogP contribution < -0.4 is 14.4 Å². The zero-order chi connectivity index (χ0) is 28.5. The number of benzene rings is 2. The molecule has 0 fully saturated rings. The Balaban J connectivity index is 2.24. The molecule has 0 aromatic heterocycles. The topological polar surface area (TPSA) is 96.0 Å². The lowest BCUT2D eigenvalue weighted by molar-refractivity contribution is -0.141. The number of carbonyl (C=O) groups is 2. The summed E-state index contributed by atoms with van der Waals surface area (Å²) in [5.74, 6) is 0.119. The number of nitrogens with one attached hydrogen (secondary N) is 1. The Morgan fingerprint density at radius 2 is 1.68 bits per heavy atom. The van der Waals surface area contributed by atoms with Crippen LogP contribution in [0.15, 0.2) is 42.5 Å². The third kappa shape index (κ3) is 9.06. The number of halogens is 2. The molecule has 0 saturated heterocycles. The molecule has 0 bridgehead atoms. The van der Waals surface area contributed by atoms with Crippen molar-refractivity contribution >= 4 is 50.7 Å². The van der Waals surface area contributed by atoms with Gasteiger partial charge in [0.15, 0.2) is 0 Å². The maximum Gasteiger partial charge on any atom is 0.243 e. The van der Waals surface area contributed by atoms with E-state index in [1.807, 2.05) is 20.8 Å². The summed E-state index contributed by atoms with van der Waals surface area (Å²) in [5.41, 5.74) is 1.21. The second-order valence-electron chi connectivity index (χ2n) is 9.15. The van der Waals surface area contributed by atoms with E-state index in [1.165, 1.54) is 16.3 Å². The average Bonchev–Trinajstić information content (AvgIpc) is 2.87. The lowest BCUT2D eigenvalue weighted by atomic mass is 10.1. The zero-order valence-electron chi connectivity index (χ0n) is 22.5.